The minimum Gasteiger partial charge on any atom is -0.313 e. The van der Waals surface area contributed by atoms with Crippen LogP contribution in [0.3, 0.4) is 0 Å². The van der Waals surface area contributed by atoms with Crippen LogP contribution in [0.4, 0.5) is 0 Å². The monoisotopic (exact) mass is 445 g/mol. The molecule has 170 valence electrons. The summed E-state index contributed by atoms with van der Waals surface area (Å²) in [5, 5.41) is 12.5. The molecule has 0 saturated heterocycles. The summed E-state index contributed by atoms with van der Waals surface area (Å²) in [6.07, 6.45) is 3.56. The summed E-state index contributed by atoms with van der Waals surface area (Å²) in [5.74, 6) is 6.51. The van der Waals surface area contributed by atoms with Crippen LogP contribution in [-0.2, 0) is 13.0 Å². The number of benzene rings is 4. The van der Waals surface area contributed by atoms with Crippen LogP contribution in [-0.4, -0.2) is 10.3 Å². The summed E-state index contributed by atoms with van der Waals surface area (Å²) in [7, 11) is 0. The van der Waals surface area contributed by atoms with Crippen molar-refractivity contribution in [1.29, 1.82) is 0 Å². The van der Waals surface area contributed by atoms with Crippen LogP contribution in [0.1, 0.15) is 59.2 Å². The van der Waals surface area contributed by atoms with Crippen LogP contribution in [0.5, 0.6) is 0 Å². The molecule has 0 atom stereocenters. The molecule has 0 fully saturated rings. The fourth-order valence-electron chi connectivity index (χ4n) is 4.06. The molecule has 2 heteroatoms. The molecule has 0 bridgehead atoms. The second-order valence-corrected chi connectivity index (χ2v) is 8.57. The zero-order valence-electron chi connectivity index (χ0n) is 19.7. The van der Waals surface area contributed by atoms with Crippen molar-refractivity contribution in [2.24, 2.45) is 0 Å². The minimum atomic E-state index is -0.234. The summed E-state index contributed by atoms with van der Waals surface area (Å²) < 4.78 is 0. The number of hydrogen-bond donors (Lipinski definition) is 1. The van der Waals surface area contributed by atoms with E-state index in [1.54, 1.807) is 0 Å². The van der Waals surface area contributed by atoms with Gasteiger partial charge in [-0.3, -0.25) is 0 Å². The molecule has 0 aromatic heterocycles. The van der Waals surface area contributed by atoms with Gasteiger partial charge in [-0.2, -0.15) is 5.06 Å². The maximum absolute atomic E-state index is 11.1. The first-order valence-corrected chi connectivity index (χ1v) is 12.0. The van der Waals surface area contributed by atoms with E-state index in [0.29, 0.717) is 6.54 Å². The highest BCUT2D eigenvalue weighted by molar-refractivity contribution is 5.44. The molecule has 0 aliphatic carbocycles. The van der Waals surface area contributed by atoms with Crippen LogP contribution in [0, 0.1) is 11.8 Å². The third-order valence-electron chi connectivity index (χ3n) is 5.95. The van der Waals surface area contributed by atoms with E-state index in [9.17, 15) is 5.21 Å². The first-order chi connectivity index (χ1) is 16.7. The van der Waals surface area contributed by atoms with Gasteiger partial charge in [0.1, 0.15) is 0 Å². The second kappa shape index (κ2) is 12.0. The Bertz CT molecular complexity index is 1160. The number of aryl methyl sites for hydroxylation is 1. The quantitative estimate of drug-likeness (QED) is 0.225. The van der Waals surface area contributed by atoms with E-state index in [0.717, 1.165) is 34.2 Å². The van der Waals surface area contributed by atoms with Gasteiger partial charge in [-0.1, -0.05) is 110 Å². The highest BCUT2D eigenvalue weighted by Crippen LogP contribution is 2.28. The largest absolute Gasteiger partial charge is 0.313 e. The molecular formula is C32H31NO. The Labute approximate surface area is 203 Å². The Balaban J connectivity index is 1.44. The average molecular weight is 446 g/mol. The van der Waals surface area contributed by atoms with Crippen molar-refractivity contribution in [3.63, 3.8) is 0 Å². The van der Waals surface area contributed by atoms with Crippen molar-refractivity contribution in [1.82, 2.24) is 5.06 Å². The Morgan fingerprint density at radius 2 is 1.12 bits per heavy atom. The summed E-state index contributed by atoms with van der Waals surface area (Å²) in [6.45, 7) is 2.63. The molecule has 0 heterocycles. The van der Waals surface area contributed by atoms with Gasteiger partial charge in [0.05, 0.1) is 6.04 Å². The van der Waals surface area contributed by atoms with E-state index in [1.807, 2.05) is 60.7 Å². The van der Waals surface area contributed by atoms with Crippen molar-refractivity contribution in [3.8, 4) is 11.8 Å². The van der Waals surface area contributed by atoms with Crippen LogP contribution in [0.2, 0.25) is 0 Å². The molecule has 34 heavy (non-hydrogen) atoms. The fraction of sp³-hybridized carbons (Fsp3) is 0.188. The standard InChI is InChI=1S/C32H31NO/c1-2-3-10-26-15-17-27(18-16-26)19-20-28-21-23-29(24-22-28)25-33(34)32(30-11-6-4-7-12-30)31-13-8-5-9-14-31/h4-9,11-18,21-24,32,34H,2-3,10,25H2,1H3. The molecule has 1 N–H and O–H groups in total. The first-order valence-electron chi connectivity index (χ1n) is 12.0. The number of unbranched alkanes of at least 4 members (excludes halogenated alkanes) is 1. The maximum atomic E-state index is 11.1. The maximum Gasteiger partial charge on any atom is 0.0853 e. The van der Waals surface area contributed by atoms with Crippen molar-refractivity contribution in [3.05, 3.63) is 143 Å². The highest BCUT2D eigenvalue weighted by atomic mass is 16.5. The van der Waals surface area contributed by atoms with Gasteiger partial charge in [0.2, 0.25) is 0 Å². The highest BCUT2D eigenvalue weighted by Gasteiger charge is 2.21. The van der Waals surface area contributed by atoms with Gasteiger partial charge < -0.3 is 5.21 Å². The van der Waals surface area contributed by atoms with E-state index in [4.69, 9.17) is 0 Å². The number of hydrogen-bond acceptors (Lipinski definition) is 2. The Morgan fingerprint density at radius 1 is 0.647 bits per heavy atom. The lowest BCUT2D eigenvalue weighted by molar-refractivity contribution is -0.125. The number of rotatable bonds is 8. The normalized spacial score (nSPS) is 10.8. The summed E-state index contributed by atoms with van der Waals surface area (Å²) in [6, 6.07) is 36.6. The average Bonchev–Trinajstić information content (AvgIpc) is 2.89. The molecular weight excluding hydrogens is 414 g/mol. The SMILES string of the molecule is CCCCc1ccc(C#Cc2ccc(CN(O)C(c3ccccc3)c3ccccc3)cc2)cc1. The first kappa shape index (κ1) is 23.5. The van der Waals surface area contributed by atoms with Crippen molar-refractivity contribution in [2.75, 3.05) is 0 Å². The van der Waals surface area contributed by atoms with Crippen LogP contribution in [0.25, 0.3) is 0 Å². The van der Waals surface area contributed by atoms with Crippen molar-refractivity contribution >= 4 is 0 Å². The van der Waals surface area contributed by atoms with Crippen molar-refractivity contribution in [2.45, 2.75) is 38.8 Å². The predicted molar refractivity (Wildman–Crippen MR) is 140 cm³/mol. The molecule has 0 spiro atoms. The van der Waals surface area contributed by atoms with E-state index >= 15 is 0 Å². The smallest absolute Gasteiger partial charge is 0.0853 e. The van der Waals surface area contributed by atoms with Crippen molar-refractivity contribution < 1.29 is 5.21 Å². The molecule has 0 amide bonds. The lowest BCUT2D eigenvalue weighted by atomic mass is 9.98. The van der Waals surface area contributed by atoms with Crippen LogP contribution >= 0.6 is 0 Å². The molecule has 0 unspecified atom stereocenters. The van der Waals surface area contributed by atoms with Gasteiger partial charge >= 0.3 is 0 Å². The van der Waals surface area contributed by atoms with Gasteiger partial charge in [-0.15, -0.1) is 0 Å². The van der Waals surface area contributed by atoms with Gasteiger partial charge in [-0.25, -0.2) is 0 Å². The molecule has 0 aliphatic rings. The minimum absolute atomic E-state index is 0.234. The summed E-state index contributed by atoms with van der Waals surface area (Å²) in [4.78, 5) is 0. The Morgan fingerprint density at radius 3 is 1.59 bits per heavy atom. The molecule has 4 aromatic rings. The number of nitrogens with zero attached hydrogens (tertiary/aromatic N) is 1. The lowest BCUT2D eigenvalue weighted by Crippen LogP contribution is -2.25. The molecule has 4 rings (SSSR count). The zero-order chi connectivity index (χ0) is 23.6. The third-order valence-corrected chi connectivity index (χ3v) is 5.95. The molecule has 0 saturated carbocycles. The summed E-state index contributed by atoms with van der Waals surface area (Å²) >= 11 is 0. The molecule has 0 radical (unpaired) electrons. The molecule has 4 aromatic carbocycles. The van der Waals surface area contributed by atoms with Gasteiger partial charge in [0, 0.05) is 17.7 Å². The third kappa shape index (κ3) is 6.45. The van der Waals surface area contributed by atoms with E-state index in [2.05, 4.69) is 67.3 Å². The zero-order valence-corrected chi connectivity index (χ0v) is 19.7. The van der Waals surface area contributed by atoms with Gasteiger partial charge in [0.25, 0.3) is 0 Å². The van der Waals surface area contributed by atoms with E-state index < -0.39 is 0 Å². The molecule has 0 aliphatic heterocycles. The topological polar surface area (TPSA) is 23.5 Å². The predicted octanol–water partition coefficient (Wildman–Crippen LogP) is 7.41. The number of hydroxylamine groups is 2. The lowest BCUT2D eigenvalue weighted by Gasteiger charge is -2.27. The Hall–Kier alpha value is -3.64. The van der Waals surface area contributed by atoms with Gasteiger partial charge in [-0.05, 0) is 59.4 Å². The van der Waals surface area contributed by atoms with E-state index in [-0.39, 0.29) is 6.04 Å². The second-order valence-electron chi connectivity index (χ2n) is 8.57. The van der Waals surface area contributed by atoms with Crippen LogP contribution < -0.4 is 0 Å². The van der Waals surface area contributed by atoms with E-state index in [1.165, 1.54) is 23.5 Å². The van der Waals surface area contributed by atoms with Gasteiger partial charge in [0.15, 0.2) is 0 Å². The Kier molecular flexibility index (Phi) is 8.30. The molecule has 2 nitrogen and oxygen atoms in total. The fourth-order valence-corrected chi connectivity index (χ4v) is 4.06. The van der Waals surface area contributed by atoms with Crippen LogP contribution in [0.15, 0.2) is 109 Å². The summed E-state index contributed by atoms with van der Waals surface area (Å²) in [5.41, 5.74) is 6.50.